The van der Waals surface area contributed by atoms with Gasteiger partial charge in [0, 0.05) is 6.04 Å². The minimum Gasteiger partial charge on any atom is -0.480 e. The first-order valence-electron chi connectivity index (χ1n) is 8.83. The number of piperidine rings is 1. The minimum atomic E-state index is -0.683. The molecule has 1 saturated carbocycles. The molecule has 1 aliphatic heterocycles. The summed E-state index contributed by atoms with van der Waals surface area (Å²) in [4.78, 5) is 14.3. The van der Waals surface area contributed by atoms with E-state index in [0.29, 0.717) is 6.04 Å². The number of likely N-dealkylation sites (tertiary alicyclic amines) is 1. The molecule has 0 aromatic heterocycles. The smallest absolute Gasteiger partial charge is 0.323 e. The molecule has 2 N–H and O–H groups in total. The number of nitrogens with zero attached hydrogens (tertiary/aromatic N) is 1. The highest BCUT2D eigenvalue weighted by Gasteiger charge is 2.44. The highest BCUT2D eigenvalue weighted by atomic mass is 16.4. The lowest BCUT2D eigenvalue weighted by Crippen LogP contribution is -2.58. The first-order chi connectivity index (χ1) is 10.1. The molecule has 0 radical (unpaired) electrons. The van der Waals surface area contributed by atoms with Gasteiger partial charge in [-0.3, -0.25) is 4.79 Å². The van der Waals surface area contributed by atoms with Crippen molar-refractivity contribution < 1.29 is 9.90 Å². The molecule has 122 valence electrons. The molecule has 2 unspecified atom stereocenters. The van der Waals surface area contributed by atoms with Crippen LogP contribution in [0.5, 0.6) is 0 Å². The Morgan fingerprint density at radius 2 is 2.00 bits per heavy atom. The first kappa shape index (κ1) is 16.8. The topological polar surface area (TPSA) is 52.6 Å². The van der Waals surface area contributed by atoms with E-state index < -0.39 is 11.5 Å². The van der Waals surface area contributed by atoms with Crippen LogP contribution in [0, 0.1) is 5.92 Å². The molecule has 21 heavy (non-hydrogen) atoms. The SMILES string of the molecule is CCCC1CCN(C2CCCC(NCC)(C(=O)O)C2)CC1. The van der Waals surface area contributed by atoms with Crippen molar-refractivity contribution in [3.8, 4) is 0 Å². The van der Waals surface area contributed by atoms with Gasteiger partial charge < -0.3 is 15.3 Å². The third kappa shape index (κ3) is 3.98. The van der Waals surface area contributed by atoms with Crippen molar-refractivity contribution in [2.75, 3.05) is 19.6 Å². The van der Waals surface area contributed by atoms with Gasteiger partial charge in [0.1, 0.15) is 5.54 Å². The van der Waals surface area contributed by atoms with Crippen LogP contribution in [0.15, 0.2) is 0 Å². The summed E-state index contributed by atoms with van der Waals surface area (Å²) < 4.78 is 0. The number of aliphatic carboxylic acids is 1. The maximum atomic E-state index is 11.8. The van der Waals surface area contributed by atoms with Gasteiger partial charge in [-0.1, -0.05) is 26.7 Å². The Balaban J connectivity index is 1.93. The molecule has 0 aromatic rings. The molecule has 2 atom stereocenters. The summed E-state index contributed by atoms with van der Waals surface area (Å²) in [7, 11) is 0. The van der Waals surface area contributed by atoms with Gasteiger partial charge in [0.05, 0.1) is 0 Å². The Bertz CT molecular complexity index is 336. The highest BCUT2D eigenvalue weighted by Crippen LogP contribution is 2.34. The van der Waals surface area contributed by atoms with Crippen LogP contribution in [0.2, 0.25) is 0 Å². The lowest BCUT2D eigenvalue weighted by Gasteiger charge is -2.45. The molecule has 0 spiro atoms. The molecule has 2 rings (SSSR count). The number of carboxylic acids is 1. The van der Waals surface area contributed by atoms with Crippen LogP contribution < -0.4 is 5.32 Å². The molecule has 0 bridgehead atoms. The van der Waals surface area contributed by atoms with E-state index in [9.17, 15) is 9.90 Å². The van der Waals surface area contributed by atoms with Crippen LogP contribution in [-0.4, -0.2) is 47.2 Å². The Morgan fingerprint density at radius 3 is 2.57 bits per heavy atom. The third-order valence-electron chi connectivity index (χ3n) is 5.51. The minimum absolute atomic E-state index is 0.455. The normalized spacial score (nSPS) is 32.2. The highest BCUT2D eigenvalue weighted by molar-refractivity contribution is 5.79. The monoisotopic (exact) mass is 296 g/mol. The van der Waals surface area contributed by atoms with E-state index in [1.54, 1.807) is 0 Å². The average Bonchev–Trinajstić information content (AvgIpc) is 2.49. The van der Waals surface area contributed by atoms with E-state index in [1.807, 2.05) is 6.92 Å². The predicted molar refractivity (Wildman–Crippen MR) is 85.5 cm³/mol. The fourth-order valence-electron chi connectivity index (χ4n) is 4.34. The van der Waals surface area contributed by atoms with E-state index in [4.69, 9.17) is 0 Å². The second kappa shape index (κ2) is 7.59. The Morgan fingerprint density at radius 1 is 1.29 bits per heavy atom. The van der Waals surface area contributed by atoms with Gasteiger partial charge in [0.2, 0.25) is 0 Å². The number of hydrogen-bond donors (Lipinski definition) is 2. The molecular formula is C17H32N2O2. The van der Waals surface area contributed by atoms with Crippen molar-refractivity contribution in [2.24, 2.45) is 5.92 Å². The first-order valence-corrected chi connectivity index (χ1v) is 8.83. The van der Waals surface area contributed by atoms with Crippen LogP contribution >= 0.6 is 0 Å². The van der Waals surface area contributed by atoms with E-state index in [0.717, 1.165) is 44.8 Å². The fraction of sp³-hybridized carbons (Fsp3) is 0.941. The van der Waals surface area contributed by atoms with E-state index >= 15 is 0 Å². The number of likely N-dealkylation sites (N-methyl/N-ethyl adjacent to an activating group) is 1. The predicted octanol–water partition coefficient (Wildman–Crippen LogP) is 2.87. The van der Waals surface area contributed by atoms with Crippen LogP contribution in [0.3, 0.4) is 0 Å². The molecule has 4 nitrogen and oxygen atoms in total. The molecular weight excluding hydrogens is 264 g/mol. The third-order valence-corrected chi connectivity index (χ3v) is 5.51. The van der Waals surface area contributed by atoms with Crippen molar-refractivity contribution in [1.29, 1.82) is 0 Å². The molecule has 1 heterocycles. The van der Waals surface area contributed by atoms with Crippen LogP contribution in [0.25, 0.3) is 0 Å². The van der Waals surface area contributed by atoms with E-state index in [1.165, 1.54) is 32.1 Å². The maximum Gasteiger partial charge on any atom is 0.323 e. The molecule has 1 aliphatic carbocycles. The van der Waals surface area contributed by atoms with Gasteiger partial charge in [-0.15, -0.1) is 0 Å². The standard InChI is InChI=1S/C17H32N2O2/c1-3-6-14-8-11-19(12-9-14)15-7-5-10-17(13-15,16(20)21)18-4-2/h14-15,18H,3-13H2,1-2H3,(H,20,21). The quantitative estimate of drug-likeness (QED) is 0.791. The molecule has 4 heteroatoms. The second-order valence-corrected chi connectivity index (χ2v) is 6.94. The summed E-state index contributed by atoms with van der Waals surface area (Å²) in [5.74, 6) is 0.239. The van der Waals surface area contributed by atoms with Crippen molar-refractivity contribution >= 4 is 5.97 Å². The lowest BCUT2D eigenvalue weighted by molar-refractivity contribution is -0.147. The number of hydrogen-bond acceptors (Lipinski definition) is 3. The summed E-state index contributed by atoms with van der Waals surface area (Å²) in [6.07, 6.45) is 8.98. The zero-order valence-corrected chi connectivity index (χ0v) is 13.7. The molecule has 1 saturated heterocycles. The zero-order chi connectivity index (χ0) is 15.3. The average molecular weight is 296 g/mol. The maximum absolute atomic E-state index is 11.8. The van der Waals surface area contributed by atoms with Gasteiger partial charge >= 0.3 is 5.97 Å². The summed E-state index contributed by atoms with van der Waals surface area (Å²) in [5, 5.41) is 12.9. The summed E-state index contributed by atoms with van der Waals surface area (Å²) in [6.45, 7) is 7.33. The molecule has 0 aromatic carbocycles. The van der Waals surface area contributed by atoms with Crippen molar-refractivity contribution in [1.82, 2.24) is 10.2 Å². The van der Waals surface area contributed by atoms with Gasteiger partial charge in [-0.2, -0.15) is 0 Å². The van der Waals surface area contributed by atoms with Gasteiger partial charge in [-0.25, -0.2) is 0 Å². The van der Waals surface area contributed by atoms with Gasteiger partial charge in [-0.05, 0) is 64.1 Å². The van der Waals surface area contributed by atoms with Gasteiger partial charge in [0.15, 0.2) is 0 Å². The summed E-state index contributed by atoms with van der Waals surface area (Å²) in [5.41, 5.74) is -0.683. The van der Waals surface area contributed by atoms with Crippen molar-refractivity contribution in [2.45, 2.75) is 76.8 Å². The summed E-state index contributed by atoms with van der Waals surface area (Å²) >= 11 is 0. The molecule has 2 fully saturated rings. The molecule has 0 amide bonds. The van der Waals surface area contributed by atoms with Crippen molar-refractivity contribution in [3.05, 3.63) is 0 Å². The van der Waals surface area contributed by atoms with Crippen LogP contribution in [0.4, 0.5) is 0 Å². The van der Waals surface area contributed by atoms with Crippen molar-refractivity contribution in [3.63, 3.8) is 0 Å². The van der Waals surface area contributed by atoms with E-state index in [2.05, 4.69) is 17.1 Å². The van der Waals surface area contributed by atoms with Gasteiger partial charge in [0.25, 0.3) is 0 Å². The number of nitrogens with one attached hydrogen (secondary N) is 1. The van der Waals surface area contributed by atoms with E-state index in [-0.39, 0.29) is 0 Å². The summed E-state index contributed by atoms with van der Waals surface area (Å²) in [6, 6.07) is 0.455. The number of carbonyl (C=O) groups is 1. The lowest BCUT2D eigenvalue weighted by atomic mass is 9.77. The Hall–Kier alpha value is -0.610. The zero-order valence-electron chi connectivity index (χ0n) is 13.7. The number of carboxylic acid groups (broad SMARTS) is 1. The number of rotatable bonds is 6. The second-order valence-electron chi connectivity index (χ2n) is 6.94. The Labute approximate surface area is 129 Å². The van der Waals surface area contributed by atoms with Crippen LogP contribution in [0.1, 0.15) is 65.2 Å². The largest absolute Gasteiger partial charge is 0.480 e. The molecule has 2 aliphatic rings. The Kier molecular flexibility index (Phi) is 6.06. The fourth-order valence-corrected chi connectivity index (χ4v) is 4.34. The van der Waals surface area contributed by atoms with Crippen LogP contribution in [-0.2, 0) is 4.79 Å².